The summed E-state index contributed by atoms with van der Waals surface area (Å²) in [5.74, 6) is 1.20. The van der Waals surface area contributed by atoms with E-state index in [1.54, 1.807) is 23.3 Å². The highest BCUT2D eigenvalue weighted by molar-refractivity contribution is 5.76. The van der Waals surface area contributed by atoms with Gasteiger partial charge in [0.15, 0.2) is 0 Å². The molecule has 0 saturated carbocycles. The van der Waals surface area contributed by atoms with Crippen LogP contribution in [0.4, 0.5) is 4.39 Å². The molecule has 2 aliphatic carbocycles. The fourth-order valence-corrected chi connectivity index (χ4v) is 5.73. The van der Waals surface area contributed by atoms with Crippen molar-refractivity contribution < 1.29 is 9.18 Å². The van der Waals surface area contributed by atoms with Gasteiger partial charge in [0.2, 0.25) is 5.91 Å². The number of benzene rings is 1. The van der Waals surface area contributed by atoms with E-state index in [4.69, 9.17) is 0 Å². The van der Waals surface area contributed by atoms with E-state index in [1.807, 2.05) is 10.9 Å². The minimum atomic E-state index is -0.228. The molecule has 4 rings (SSSR count). The number of rotatable bonds is 8. The molecule has 1 N–H and O–H groups in total. The van der Waals surface area contributed by atoms with Gasteiger partial charge in [0.25, 0.3) is 0 Å². The molecule has 0 saturated heterocycles. The van der Waals surface area contributed by atoms with Crippen LogP contribution in [0.2, 0.25) is 0 Å². The first kappa shape index (κ1) is 22.8. The molecular weight excluding hydrogens is 401 g/mol. The second-order valence-corrected chi connectivity index (χ2v) is 10.0. The molecule has 3 atom stereocenters. The Hall–Kier alpha value is -2.43. The molecule has 1 aromatic heterocycles. The number of nitrogens with zero attached hydrogens (tertiary/aromatic N) is 2. The van der Waals surface area contributed by atoms with Crippen molar-refractivity contribution in [2.45, 2.75) is 84.6 Å². The lowest BCUT2D eigenvalue weighted by Gasteiger charge is -2.29. The maximum absolute atomic E-state index is 13.4. The second-order valence-electron chi connectivity index (χ2n) is 10.0. The Morgan fingerprint density at radius 1 is 1.28 bits per heavy atom. The summed E-state index contributed by atoms with van der Waals surface area (Å²) >= 11 is 0. The van der Waals surface area contributed by atoms with Crippen molar-refractivity contribution in [1.82, 2.24) is 15.1 Å². The Morgan fingerprint density at radius 2 is 2.03 bits per heavy atom. The molecule has 32 heavy (non-hydrogen) atoms. The molecule has 1 heterocycles. The van der Waals surface area contributed by atoms with Crippen LogP contribution in [0, 0.1) is 17.7 Å². The third kappa shape index (κ3) is 4.67. The van der Waals surface area contributed by atoms with Gasteiger partial charge in [-0.2, -0.15) is 5.10 Å². The molecule has 0 bridgehead atoms. The molecular formula is C27H36FN3O. The molecule has 0 spiro atoms. The average Bonchev–Trinajstić information content (AvgIpc) is 3.33. The van der Waals surface area contributed by atoms with E-state index in [-0.39, 0.29) is 17.8 Å². The summed E-state index contributed by atoms with van der Waals surface area (Å²) in [5.41, 5.74) is 6.56. The first-order valence-electron chi connectivity index (χ1n) is 12.2. The lowest BCUT2D eigenvalue weighted by atomic mass is 9.78. The minimum Gasteiger partial charge on any atom is -0.353 e. The number of amides is 1. The predicted molar refractivity (Wildman–Crippen MR) is 126 cm³/mol. The van der Waals surface area contributed by atoms with Gasteiger partial charge in [-0.1, -0.05) is 45.3 Å². The molecule has 0 fully saturated rings. The molecule has 1 aromatic carbocycles. The molecule has 2 aromatic rings. The Morgan fingerprint density at radius 3 is 2.72 bits per heavy atom. The van der Waals surface area contributed by atoms with Crippen molar-refractivity contribution >= 4 is 5.91 Å². The van der Waals surface area contributed by atoms with Gasteiger partial charge in [0.05, 0.1) is 17.6 Å². The van der Waals surface area contributed by atoms with Crippen molar-refractivity contribution in [1.29, 1.82) is 0 Å². The fraction of sp³-hybridized carbons (Fsp3) is 0.556. The molecule has 2 aliphatic rings. The van der Waals surface area contributed by atoms with Crippen LogP contribution in [0.15, 0.2) is 41.6 Å². The summed E-state index contributed by atoms with van der Waals surface area (Å²) in [6.07, 6.45) is 8.95. The number of halogens is 1. The summed E-state index contributed by atoms with van der Waals surface area (Å²) in [6, 6.07) is 6.83. The van der Waals surface area contributed by atoms with Crippen LogP contribution in [0.1, 0.15) is 83.4 Å². The van der Waals surface area contributed by atoms with Crippen LogP contribution in [0.3, 0.4) is 0 Å². The normalized spacial score (nSPS) is 20.9. The molecule has 0 aliphatic heterocycles. The number of nitrogens with one attached hydrogen (secondary N) is 1. The van der Waals surface area contributed by atoms with Crippen LogP contribution < -0.4 is 5.32 Å². The van der Waals surface area contributed by atoms with E-state index >= 15 is 0 Å². The summed E-state index contributed by atoms with van der Waals surface area (Å²) in [7, 11) is 0. The number of carbonyl (C=O) groups is 1. The van der Waals surface area contributed by atoms with Gasteiger partial charge in [0.1, 0.15) is 5.82 Å². The molecule has 0 radical (unpaired) electrons. The van der Waals surface area contributed by atoms with Gasteiger partial charge in [-0.05, 0) is 61.8 Å². The van der Waals surface area contributed by atoms with Crippen molar-refractivity contribution in [2.24, 2.45) is 11.8 Å². The average molecular weight is 438 g/mol. The van der Waals surface area contributed by atoms with Crippen LogP contribution in [0.5, 0.6) is 0 Å². The van der Waals surface area contributed by atoms with Crippen LogP contribution >= 0.6 is 0 Å². The Balaban J connectivity index is 1.52. The highest BCUT2D eigenvalue weighted by Crippen LogP contribution is 2.48. The van der Waals surface area contributed by atoms with Gasteiger partial charge in [-0.25, -0.2) is 9.07 Å². The highest BCUT2D eigenvalue weighted by atomic mass is 19.1. The molecule has 172 valence electrons. The number of aromatic nitrogens is 2. The Bertz CT molecular complexity index is 989. The number of fused-ring (bicyclic) bond motifs is 1. The van der Waals surface area contributed by atoms with E-state index in [9.17, 15) is 9.18 Å². The standard InChI is InChI=1S/C27H36FN3O/c1-5-6-22(30-26(32)13-17(2)3)14-19-7-8-20-15-25-24(18(4)27(19)20)16-29-31(25)23-11-9-21(28)10-12-23/h9-12,16-19,22H,5-8,13-15H2,1-4H3,(H,30,32)/t18-,19+,22?/m0/s1. The van der Waals surface area contributed by atoms with Gasteiger partial charge < -0.3 is 5.32 Å². The zero-order valence-corrected chi connectivity index (χ0v) is 19.8. The maximum atomic E-state index is 13.4. The Kier molecular flexibility index (Phi) is 6.82. The van der Waals surface area contributed by atoms with E-state index in [0.717, 1.165) is 37.8 Å². The molecule has 4 nitrogen and oxygen atoms in total. The number of hydrogen-bond donors (Lipinski definition) is 1. The van der Waals surface area contributed by atoms with Crippen molar-refractivity contribution in [3.05, 3.63) is 58.7 Å². The van der Waals surface area contributed by atoms with Gasteiger partial charge in [0, 0.05) is 30.4 Å². The van der Waals surface area contributed by atoms with Crippen molar-refractivity contribution in [3.63, 3.8) is 0 Å². The number of allylic oxidation sites excluding steroid dienone is 2. The second kappa shape index (κ2) is 9.60. The Labute approximate surface area is 191 Å². The van der Waals surface area contributed by atoms with E-state index in [0.29, 0.717) is 24.2 Å². The first-order valence-corrected chi connectivity index (χ1v) is 12.2. The lowest BCUT2D eigenvalue weighted by Crippen LogP contribution is -2.37. The van der Waals surface area contributed by atoms with Crippen molar-refractivity contribution in [2.75, 3.05) is 0 Å². The summed E-state index contributed by atoms with van der Waals surface area (Å²) in [5, 5.41) is 8.00. The SMILES string of the molecule is CCCC(C[C@H]1CCC2=C1[C@@H](C)c1cnn(-c3ccc(F)cc3)c1C2)NC(=O)CC(C)C. The summed E-state index contributed by atoms with van der Waals surface area (Å²) in [4.78, 5) is 12.4. The van der Waals surface area contributed by atoms with Crippen LogP contribution in [0.25, 0.3) is 5.69 Å². The number of hydrogen-bond acceptors (Lipinski definition) is 2. The van der Waals surface area contributed by atoms with E-state index < -0.39 is 0 Å². The smallest absolute Gasteiger partial charge is 0.220 e. The zero-order valence-electron chi connectivity index (χ0n) is 19.8. The summed E-state index contributed by atoms with van der Waals surface area (Å²) < 4.78 is 15.4. The molecule has 1 amide bonds. The predicted octanol–water partition coefficient (Wildman–Crippen LogP) is 6.10. The first-order chi connectivity index (χ1) is 15.4. The lowest BCUT2D eigenvalue weighted by molar-refractivity contribution is -0.122. The van der Waals surface area contributed by atoms with Crippen molar-refractivity contribution in [3.8, 4) is 5.69 Å². The zero-order chi connectivity index (χ0) is 22.8. The molecule has 5 heteroatoms. The quantitative estimate of drug-likeness (QED) is 0.507. The number of carbonyl (C=O) groups excluding carboxylic acids is 1. The maximum Gasteiger partial charge on any atom is 0.220 e. The third-order valence-corrected chi connectivity index (χ3v) is 7.09. The highest BCUT2D eigenvalue weighted by Gasteiger charge is 2.37. The largest absolute Gasteiger partial charge is 0.353 e. The minimum absolute atomic E-state index is 0.185. The van der Waals surface area contributed by atoms with E-state index in [1.165, 1.54) is 29.8 Å². The van der Waals surface area contributed by atoms with Gasteiger partial charge in [-0.15, -0.1) is 0 Å². The van der Waals surface area contributed by atoms with Crippen LogP contribution in [-0.2, 0) is 11.2 Å². The van der Waals surface area contributed by atoms with E-state index in [2.05, 4.69) is 38.1 Å². The fourth-order valence-electron chi connectivity index (χ4n) is 5.73. The molecule has 1 unspecified atom stereocenters. The third-order valence-electron chi connectivity index (χ3n) is 7.09. The topological polar surface area (TPSA) is 46.9 Å². The van der Waals surface area contributed by atoms with Crippen LogP contribution in [-0.4, -0.2) is 21.7 Å². The van der Waals surface area contributed by atoms with Gasteiger partial charge in [-0.3, -0.25) is 4.79 Å². The monoisotopic (exact) mass is 437 g/mol. The van der Waals surface area contributed by atoms with Gasteiger partial charge >= 0.3 is 0 Å². The summed E-state index contributed by atoms with van der Waals surface area (Å²) in [6.45, 7) is 8.68.